The Hall–Kier alpha value is -1.35. The van der Waals surface area contributed by atoms with E-state index in [1.165, 1.54) is 11.3 Å². The number of Topliss-reactive ketones (excluding diaryl/α,β-unsaturated/α-hetero) is 1. The molecule has 0 N–H and O–H groups in total. The molecule has 2 heterocycles. The maximum Gasteiger partial charge on any atom is 0.164 e. The smallest absolute Gasteiger partial charge is 0.164 e. The van der Waals surface area contributed by atoms with Crippen LogP contribution in [-0.2, 0) is 6.42 Å². The molecule has 0 fully saturated rings. The van der Waals surface area contributed by atoms with Gasteiger partial charge in [-0.2, -0.15) is 11.3 Å². The normalized spacial score (nSPS) is 16.9. The second kappa shape index (κ2) is 4.15. The number of rotatable bonds is 2. The molecule has 17 heavy (non-hydrogen) atoms. The SMILES string of the molecule is CC(c1ccsc1)n1ccc2c1CCCC2=O. The number of ketones is 1. The van der Waals surface area contributed by atoms with Crippen molar-refractivity contribution in [1.82, 2.24) is 4.57 Å². The van der Waals surface area contributed by atoms with Crippen LogP contribution in [0.5, 0.6) is 0 Å². The van der Waals surface area contributed by atoms with E-state index in [4.69, 9.17) is 0 Å². The largest absolute Gasteiger partial charge is 0.344 e. The average molecular weight is 245 g/mol. The van der Waals surface area contributed by atoms with Crippen molar-refractivity contribution in [1.29, 1.82) is 0 Å². The molecule has 1 aliphatic rings. The first-order valence-corrected chi connectivity index (χ1v) is 6.96. The van der Waals surface area contributed by atoms with Crippen molar-refractivity contribution in [3.8, 4) is 0 Å². The Bertz CT molecular complexity index is 539. The first-order valence-electron chi connectivity index (χ1n) is 6.02. The molecule has 0 amide bonds. The van der Waals surface area contributed by atoms with Gasteiger partial charge in [-0.25, -0.2) is 0 Å². The lowest BCUT2D eigenvalue weighted by Gasteiger charge is -2.19. The zero-order valence-electron chi connectivity index (χ0n) is 9.85. The summed E-state index contributed by atoms with van der Waals surface area (Å²) in [5, 5.41) is 4.29. The number of hydrogen-bond acceptors (Lipinski definition) is 2. The number of thiophene rings is 1. The minimum absolute atomic E-state index is 0.308. The summed E-state index contributed by atoms with van der Waals surface area (Å²) < 4.78 is 2.26. The van der Waals surface area contributed by atoms with Crippen LogP contribution in [0, 0.1) is 0 Å². The molecule has 0 aliphatic heterocycles. The molecule has 3 rings (SSSR count). The van der Waals surface area contributed by atoms with Crippen LogP contribution in [0.25, 0.3) is 0 Å². The Morgan fingerprint density at radius 3 is 3.00 bits per heavy atom. The molecule has 2 nitrogen and oxygen atoms in total. The number of hydrogen-bond donors (Lipinski definition) is 0. The Balaban J connectivity index is 2.02. The minimum Gasteiger partial charge on any atom is -0.344 e. The van der Waals surface area contributed by atoms with Crippen LogP contribution in [-0.4, -0.2) is 10.4 Å². The van der Waals surface area contributed by atoms with Crippen molar-refractivity contribution >= 4 is 17.1 Å². The monoisotopic (exact) mass is 245 g/mol. The van der Waals surface area contributed by atoms with Gasteiger partial charge in [-0.1, -0.05) is 0 Å². The van der Waals surface area contributed by atoms with E-state index in [2.05, 4.69) is 34.5 Å². The van der Waals surface area contributed by atoms with Crippen LogP contribution >= 0.6 is 11.3 Å². The fraction of sp³-hybridized carbons (Fsp3) is 0.357. The van der Waals surface area contributed by atoms with Crippen LogP contribution in [0.4, 0.5) is 0 Å². The van der Waals surface area contributed by atoms with E-state index < -0.39 is 0 Å². The Morgan fingerprint density at radius 2 is 2.24 bits per heavy atom. The van der Waals surface area contributed by atoms with Crippen LogP contribution in [0.2, 0.25) is 0 Å². The number of aromatic nitrogens is 1. The Labute approximate surface area is 105 Å². The van der Waals surface area contributed by atoms with Gasteiger partial charge in [0.2, 0.25) is 0 Å². The molecule has 88 valence electrons. The molecule has 0 radical (unpaired) electrons. The summed E-state index contributed by atoms with van der Waals surface area (Å²) in [5.41, 5.74) is 3.49. The molecule has 3 heteroatoms. The standard InChI is InChI=1S/C14H15NOS/c1-10(11-6-8-17-9-11)15-7-5-12-13(15)3-2-4-14(12)16/h5-10H,2-4H2,1H3. The lowest BCUT2D eigenvalue weighted by Crippen LogP contribution is -2.15. The van der Waals surface area contributed by atoms with E-state index in [0.717, 1.165) is 18.4 Å². The van der Waals surface area contributed by atoms with E-state index in [-0.39, 0.29) is 0 Å². The molecular weight excluding hydrogens is 230 g/mol. The molecule has 1 aliphatic carbocycles. The maximum atomic E-state index is 11.8. The van der Waals surface area contributed by atoms with Gasteiger partial charge in [-0.15, -0.1) is 0 Å². The van der Waals surface area contributed by atoms with Crippen molar-refractivity contribution in [2.45, 2.75) is 32.2 Å². The van der Waals surface area contributed by atoms with Gasteiger partial charge in [0.05, 0.1) is 6.04 Å². The highest BCUT2D eigenvalue weighted by atomic mass is 32.1. The zero-order chi connectivity index (χ0) is 11.8. The van der Waals surface area contributed by atoms with Crippen molar-refractivity contribution in [3.05, 3.63) is 45.9 Å². The van der Waals surface area contributed by atoms with Crippen molar-refractivity contribution in [2.75, 3.05) is 0 Å². The number of carbonyl (C=O) groups excluding carboxylic acids is 1. The average Bonchev–Trinajstić information content (AvgIpc) is 2.98. The second-order valence-electron chi connectivity index (χ2n) is 4.59. The quantitative estimate of drug-likeness (QED) is 0.791. The Kier molecular flexibility index (Phi) is 2.63. The van der Waals surface area contributed by atoms with E-state index in [1.807, 2.05) is 6.07 Å². The number of fused-ring (bicyclic) bond motifs is 1. The van der Waals surface area contributed by atoms with E-state index >= 15 is 0 Å². The zero-order valence-corrected chi connectivity index (χ0v) is 10.7. The van der Waals surface area contributed by atoms with Crippen molar-refractivity contribution in [3.63, 3.8) is 0 Å². The summed E-state index contributed by atoms with van der Waals surface area (Å²) in [6.07, 6.45) is 4.80. The van der Waals surface area contributed by atoms with E-state index in [1.54, 1.807) is 11.3 Å². The highest BCUT2D eigenvalue weighted by Gasteiger charge is 2.22. The molecule has 1 atom stereocenters. The third kappa shape index (κ3) is 1.75. The first-order chi connectivity index (χ1) is 8.27. The highest BCUT2D eigenvalue weighted by Crippen LogP contribution is 2.28. The van der Waals surface area contributed by atoms with Gasteiger partial charge in [-0.05, 0) is 48.2 Å². The van der Waals surface area contributed by atoms with Crippen LogP contribution < -0.4 is 0 Å². The lowest BCUT2D eigenvalue weighted by molar-refractivity contribution is 0.0971. The van der Waals surface area contributed by atoms with E-state index in [0.29, 0.717) is 18.2 Å². The van der Waals surface area contributed by atoms with E-state index in [9.17, 15) is 4.79 Å². The third-order valence-electron chi connectivity index (χ3n) is 3.59. The predicted octanol–water partition coefficient (Wildman–Crippen LogP) is 3.68. The summed E-state index contributed by atoms with van der Waals surface area (Å²) in [7, 11) is 0. The summed E-state index contributed by atoms with van der Waals surface area (Å²) in [4.78, 5) is 11.8. The second-order valence-corrected chi connectivity index (χ2v) is 5.37. The molecule has 0 saturated carbocycles. The summed E-state index contributed by atoms with van der Waals surface area (Å²) in [6.45, 7) is 2.20. The fourth-order valence-corrected chi connectivity index (χ4v) is 3.33. The fourth-order valence-electron chi connectivity index (χ4n) is 2.58. The van der Waals surface area contributed by atoms with Gasteiger partial charge in [0.15, 0.2) is 5.78 Å². The molecule has 0 bridgehead atoms. The number of carbonyl (C=O) groups is 1. The summed E-state index contributed by atoms with van der Waals surface area (Å²) in [6, 6.07) is 4.47. The van der Waals surface area contributed by atoms with Gasteiger partial charge in [0.1, 0.15) is 0 Å². The predicted molar refractivity (Wildman–Crippen MR) is 69.8 cm³/mol. The lowest BCUT2D eigenvalue weighted by atomic mass is 9.96. The van der Waals surface area contributed by atoms with Crippen molar-refractivity contribution < 1.29 is 4.79 Å². The molecule has 0 saturated heterocycles. The number of nitrogens with zero attached hydrogens (tertiary/aromatic N) is 1. The molecular formula is C14H15NOS. The minimum atomic E-state index is 0.308. The first kappa shape index (κ1) is 10.8. The topological polar surface area (TPSA) is 22.0 Å². The van der Waals surface area contributed by atoms with Crippen LogP contribution in [0.15, 0.2) is 29.1 Å². The molecule has 0 aromatic carbocycles. The van der Waals surface area contributed by atoms with Gasteiger partial charge >= 0.3 is 0 Å². The molecule has 0 spiro atoms. The maximum absolute atomic E-state index is 11.8. The van der Waals surface area contributed by atoms with Gasteiger partial charge < -0.3 is 4.57 Å². The molecule has 2 aromatic heterocycles. The third-order valence-corrected chi connectivity index (χ3v) is 4.29. The molecule has 1 unspecified atom stereocenters. The van der Waals surface area contributed by atoms with Gasteiger partial charge in [-0.3, -0.25) is 4.79 Å². The Morgan fingerprint density at radius 1 is 1.35 bits per heavy atom. The molecule has 2 aromatic rings. The van der Waals surface area contributed by atoms with Crippen LogP contribution in [0.3, 0.4) is 0 Å². The summed E-state index contributed by atoms with van der Waals surface area (Å²) in [5.74, 6) is 0.308. The van der Waals surface area contributed by atoms with Crippen LogP contribution in [0.1, 0.15) is 47.4 Å². The highest BCUT2D eigenvalue weighted by molar-refractivity contribution is 7.07. The summed E-state index contributed by atoms with van der Waals surface area (Å²) >= 11 is 1.72. The van der Waals surface area contributed by atoms with Crippen molar-refractivity contribution in [2.24, 2.45) is 0 Å². The van der Waals surface area contributed by atoms with Gasteiger partial charge in [0, 0.05) is 23.9 Å². The van der Waals surface area contributed by atoms with Gasteiger partial charge in [0.25, 0.3) is 0 Å².